The van der Waals surface area contributed by atoms with E-state index < -0.39 is 9.84 Å². The van der Waals surface area contributed by atoms with Crippen molar-refractivity contribution in [3.63, 3.8) is 0 Å². The molecule has 1 aromatic carbocycles. The minimum atomic E-state index is -3.26. The van der Waals surface area contributed by atoms with Crippen LogP contribution in [0.4, 0.5) is 0 Å². The Morgan fingerprint density at radius 2 is 1.90 bits per heavy atom. The van der Waals surface area contributed by atoms with Gasteiger partial charge in [0.2, 0.25) is 5.91 Å². The molecule has 0 radical (unpaired) electrons. The summed E-state index contributed by atoms with van der Waals surface area (Å²) >= 11 is 0. The molecule has 2 fully saturated rings. The Hall–Kier alpha value is -2.09. The van der Waals surface area contributed by atoms with Crippen molar-refractivity contribution >= 4 is 21.7 Å². The quantitative estimate of drug-likeness (QED) is 0.399. The number of nitrogens with zero attached hydrogens (tertiary/aromatic N) is 2. The molecule has 1 heterocycles. The number of hydrogen-bond acceptors (Lipinski definition) is 4. The van der Waals surface area contributed by atoms with Gasteiger partial charge in [-0.05, 0) is 37.8 Å². The van der Waals surface area contributed by atoms with Gasteiger partial charge in [0.25, 0.3) is 0 Å². The highest BCUT2D eigenvalue weighted by Gasteiger charge is 2.32. The summed E-state index contributed by atoms with van der Waals surface area (Å²) in [5.74, 6) is 1.27. The highest BCUT2D eigenvalue weighted by molar-refractivity contribution is 7.91. The van der Waals surface area contributed by atoms with Gasteiger partial charge in [-0.2, -0.15) is 0 Å². The van der Waals surface area contributed by atoms with Gasteiger partial charge >= 0.3 is 0 Å². The first kappa shape index (κ1) is 21.6. The fourth-order valence-electron chi connectivity index (χ4n) is 4.11. The lowest BCUT2D eigenvalue weighted by Crippen LogP contribution is -2.45. The van der Waals surface area contributed by atoms with Crippen molar-refractivity contribution in [3.8, 4) is 0 Å². The van der Waals surface area contributed by atoms with E-state index in [1.54, 1.807) is 31.3 Å². The molecule has 1 aromatic rings. The van der Waals surface area contributed by atoms with Crippen LogP contribution in [0.5, 0.6) is 0 Å². The molecule has 1 aliphatic heterocycles. The number of rotatable bonds is 7. The predicted octanol–water partition coefficient (Wildman–Crippen LogP) is 1.81. The molecule has 1 atom stereocenters. The largest absolute Gasteiger partial charge is 0.356 e. The lowest BCUT2D eigenvalue weighted by Gasteiger charge is -2.21. The Labute approximate surface area is 173 Å². The van der Waals surface area contributed by atoms with Gasteiger partial charge in [-0.15, -0.1) is 0 Å². The predicted molar refractivity (Wildman–Crippen MR) is 115 cm³/mol. The number of nitrogens with one attached hydrogen (secondary N) is 2. The first-order valence-corrected chi connectivity index (χ1v) is 12.2. The summed E-state index contributed by atoms with van der Waals surface area (Å²) in [7, 11) is -1.56. The molecule has 29 heavy (non-hydrogen) atoms. The third kappa shape index (κ3) is 5.95. The second-order valence-corrected chi connectivity index (χ2v) is 9.99. The maximum Gasteiger partial charge on any atom is 0.225 e. The molecule has 2 aliphatic rings. The lowest BCUT2D eigenvalue weighted by molar-refractivity contribution is -0.134. The number of likely N-dealkylation sites (tertiary alicyclic amines) is 1. The molecule has 0 aromatic heterocycles. The van der Waals surface area contributed by atoms with Crippen LogP contribution in [0, 0.1) is 5.92 Å². The third-order valence-corrected chi connectivity index (χ3v) is 7.57. The molecular formula is C21H32N4O3S. The Balaban J connectivity index is 1.39. The number of carbonyl (C=O) groups excluding carboxylic acids is 1. The molecule has 8 heteroatoms. The Morgan fingerprint density at radius 1 is 1.17 bits per heavy atom. The zero-order chi connectivity index (χ0) is 20.7. The van der Waals surface area contributed by atoms with Crippen molar-refractivity contribution < 1.29 is 13.2 Å². The fraction of sp³-hybridized carbons (Fsp3) is 0.619. The lowest BCUT2D eigenvalue weighted by atomic mass is 10.1. The average Bonchev–Trinajstić information content (AvgIpc) is 3.42. The van der Waals surface area contributed by atoms with Crippen molar-refractivity contribution in [2.24, 2.45) is 10.9 Å². The Kier molecular flexibility index (Phi) is 7.52. The zero-order valence-electron chi connectivity index (χ0n) is 17.1. The molecule has 0 bridgehead atoms. The summed E-state index contributed by atoms with van der Waals surface area (Å²) < 4.78 is 24.6. The molecule has 1 unspecified atom stereocenters. The van der Waals surface area contributed by atoms with E-state index in [2.05, 4.69) is 15.6 Å². The summed E-state index contributed by atoms with van der Waals surface area (Å²) in [6.07, 6.45) is 5.80. The molecule has 160 valence electrons. The fourth-order valence-corrected chi connectivity index (χ4v) is 5.44. The maximum atomic E-state index is 12.6. The van der Waals surface area contributed by atoms with E-state index in [9.17, 15) is 13.2 Å². The topological polar surface area (TPSA) is 90.9 Å². The molecule has 1 saturated carbocycles. The number of aliphatic imine (C=N–C) groups is 1. The van der Waals surface area contributed by atoms with Crippen LogP contribution >= 0.6 is 0 Å². The molecule has 0 spiro atoms. The van der Waals surface area contributed by atoms with E-state index in [1.807, 2.05) is 11.0 Å². The van der Waals surface area contributed by atoms with Crippen molar-refractivity contribution in [1.82, 2.24) is 15.5 Å². The summed E-state index contributed by atoms with van der Waals surface area (Å²) in [6, 6.07) is 8.71. The summed E-state index contributed by atoms with van der Waals surface area (Å²) in [6.45, 7) is 2.01. The number of sulfone groups is 1. The van der Waals surface area contributed by atoms with Gasteiger partial charge in [-0.1, -0.05) is 31.0 Å². The SMILES string of the molecule is CN=C(NCCCS(=O)(=O)c1ccccc1)NC1CCN(C(=O)C2CCCC2)C1. The number of carbonyl (C=O) groups is 1. The van der Waals surface area contributed by atoms with E-state index >= 15 is 0 Å². The van der Waals surface area contributed by atoms with Crippen molar-refractivity contribution in [3.05, 3.63) is 30.3 Å². The van der Waals surface area contributed by atoms with Gasteiger partial charge < -0.3 is 15.5 Å². The van der Waals surface area contributed by atoms with Gasteiger partial charge in [0, 0.05) is 38.6 Å². The first-order chi connectivity index (χ1) is 14.0. The van der Waals surface area contributed by atoms with Crippen LogP contribution in [0.25, 0.3) is 0 Å². The third-order valence-electron chi connectivity index (χ3n) is 5.75. The molecule has 2 N–H and O–H groups in total. The number of hydrogen-bond donors (Lipinski definition) is 2. The molecule has 7 nitrogen and oxygen atoms in total. The smallest absolute Gasteiger partial charge is 0.225 e. The molecule has 1 saturated heterocycles. The minimum Gasteiger partial charge on any atom is -0.356 e. The highest BCUT2D eigenvalue weighted by atomic mass is 32.2. The number of benzene rings is 1. The van der Waals surface area contributed by atoms with Crippen molar-refractivity contribution in [2.45, 2.75) is 49.5 Å². The van der Waals surface area contributed by atoms with Crippen LogP contribution in [0.1, 0.15) is 38.5 Å². The first-order valence-electron chi connectivity index (χ1n) is 10.5. The summed E-state index contributed by atoms with van der Waals surface area (Å²) in [5.41, 5.74) is 0. The maximum absolute atomic E-state index is 12.6. The van der Waals surface area contributed by atoms with E-state index in [4.69, 9.17) is 0 Å². The van der Waals surface area contributed by atoms with Crippen LogP contribution in [0.2, 0.25) is 0 Å². The molecule has 3 rings (SSSR count). The standard InChI is InChI=1S/C21H32N4O3S/c1-22-21(23-13-7-15-29(27,28)19-10-3-2-4-11-19)24-18-12-14-25(16-18)20(26)17-8-5-6-9-17/h2-4,10-11,17-18H,5-9,12-16H2,1H3,(H2,22,23,24). The highest BCUT2D eigenvalue weighted by Crippen LogP contribution is 2.27. The Bertz CT molecular complexity index is 804. The second-order valence-electron chi connectivity index (χ2n) is 7.88. The zero-order valence-corrected chi connectivity index (χ0v) is 18.0. The van der Waals surface area contributed by atoms with Crippen molar-refractivity contribution in [2.75, 3.05) is 32.4 Å². The number of guanidine groups is 1. The molecule has 1 amide bonds. The van der Waals surface area contributed by atoms with E-state index in [0.29, 0.717) is 36.3 Å². The van der Waals surface area contributed by atoms with Gasteiger partial charge in [0.15, 0.2) is 15.8 Å². The van der Waals surface area contributed by atoms with Crippen LogP contribution in [-0.2, 0) is 14.6 Å². The minimum absolute atomic E-state index is 0.0914. The van der Waals surface area contributed by atoms with E-state index in [1.165, 1.54) is 12.8 Å². The van der Waals surface area contributed by atoms with Gasteiger partial charge in [-0.25, -0.2) is 8.42 Å². The second kappa shape index (κ2) is 10.1. The van der Waals surface area contributed by atoms with Crippen LogP contribution < -0.4 is 10.6 Å². The van der Waals surface area contributed by atoms with Gasteiger partial charge in [0.1, 0.15) is 0 Å². The van der Waals surface area contributed by atoms with Crippen LogP contribution in [0.15, 0.2) is 40.2 Å². The number of amides is 1. The summed E-state index contributed by atoms with van der Waals surface area (Å²) in [4.78, 5) is 19.1. The van der Waals surface area contributed by atoms with Crippen LogP contribution in [0.3, 0.4) is 0 Å². The van der Waals surface area contributed by atoms with Crippen LogP contribution in [-0.4, -0.2) is 63.7 Å². The van der Waals surface area contributed by atoms with Crippen molar-refractivity contribution in [1.29, 1.82) is 0 Å². The van der Waals surface area contributed by atoms with E-state index in [0.717, 1.165) is 25.8 Å². The monoisotopic (exact) mass is 420 g/mol. The normalized spacial score (nSPS) is 20.8. The molecular weight excluding hydrogens is 388 g/mol. The Morgan fingerprint density at radius 3 is 2.59 bits per heavy atom. The molecule has 1 aliphatic carbocycles. The average molecular weight is 421 g/mol. The summed E-state index contributed by atoms with van der Waals surface area (Å²) in [5, 5.41) is 6.56. The van der Waals surface area contributed by atoms with Gasteiger partial charge in [-0.3, -0.25) is 9.79 Å². The van der Waals surface area contributed by atoms with E-state index in [-0.39, 0.29) is 17.7 Å². The van der Waals surface area contributed by atoms with Gasteiger partial charge in [0.05, 0.1) is 10.6 Å².